The minimum absolute atomic E-state index is 0.0940. The van der Waals surface area contributed by atoms with E-state index in [2.05, 4.69) is 10.3 Å². The Hall–Kier alpha value is -1.87. The second-order valence-electron chi connectivity index (χ2n) is 4.50. The molecule has 19 heavy (non-hydrogen) atoms. The smallest absolute Gasteiger partial charge is 0.229 e. The number of hydrogen-bond donors (Lipinski definition) is 1. The first kappa shape index (κ1) is 13.6. The molecule has 1 aromatic carbocycles. The van der Waals surface area contributed by atoms with Crippen LogP contribution in [0.4, 0.5) is 5.82 Å². The second-order valence-corrected chi connectivity index (χ2v) is 4.89. The Morgan fingerprint density at radius 1 is 1.26 bits per heavy atom. The van der Waals surface area contributed by atoms with Crippen molar-refractivity contribution in [2.24, 2.45) is 0 Å². The van der Waals surface area contributed by atoms with E-state index in [-0.39, 0.29) is 5.91 Å². The van der Waals surface area contributed by atoms with E-state index in [4.69, 9.17) is 11.6 Å². The fourth-order valence-corrected chi connectivity index (χ4v) is 1.99. The van der Waals surface area contributed by atoms with Gasteiger partial charge in [-0.15, -0.1) is 0 Å². The van der Waals surface area contributed by atoms with Crippen molar-refractivity contribution in [2.75, 3.05) is 5.32 Å². The fourth-order valence-electron chi connectivity index (χ4n) is 1.83. The summed E-state index contributed by atoms with van der Waals surface area (Å²) in [5.41, 5.74) is 3.29. The van der Waals surface area contributed by atoms with Crippen molar-refractivity contribution in [1.82, 2.24) is 4.98 Å². The molecule has 0 saturated heterocycles. The molecular formula is C15H15ClN2O. The largest absolute Gasteiger partial charge is 0.310 e. The van der Waals surface area contributed by atoms with Crippen LogP contribution in [-0.4, -0.2) is 10.9 Å². The molecule has 2 rings (SSSR count). The molecule has 4 heteroatoms. The number of carbonyl (C=O) groups is 1. The van der Waals surface area contributed by atoms with E-state index < -0.39 is 0 Å². The number of rotatable bonds is 3. The van der Waals surface area contributed by atoms with Gasteiger partial charge >= 0.3 is 0 Å². The summed E-state index contributed by atoms with van der Waals surface area (Å²) in [6, 6.07) is 11.2. The van der Waals surface area contributed by atoms with Crippen LogP contribution in [0.3, 0.4) is 0 Å². The molecular weight excluding hydrogens is 260 g/mol. The predicted molar refractivity (Wildman–Crippen MR) is 77.5 cm³/mol. The molecule has 0 atom stereocenters. The Morgan fingerprint density at radius 2 is 2.05 bits per heavy atom. The second kappa shape index (κ2) is 5.85. The Labute approximate surface area is 117 Å². The van der Waals surface area contributed by atoms with Crippen LogP contribution in [0.5, 0.6) is 0 Å². The molecule has 0 unspecified atom stereocenters. The van der Waals surface area contributed by atoms with Crippen molar-refractivity contribution >= 4 is 23.3 Å². The molecule has 2 aromatic rings. The van der Waals surface area contributed by atoms with Crippen LogP contribution < -0.4 is 5.32 Å². The molecule has 3 nitrogen and oxygen atoms in total. The van der Waals surface area contributed by atoms with Gasteiger partial charge in [0.2, 0.25) is 5.91 Å². The third-order valence-electron chi connectivity index (χ3n) is 2.84. The lowest BCUT2D eigenvalue weighted by Crippen LogP contribution is -2.16. The van der Waals surface area contributed by atoms with Gasteiger partial charge in [-0.3, -0.25) is 4.79 Å². The van der Waals surface area contributed by atoms with E-state index in [0.717, 1.165) is 16.7 Å². The van der Waals surface area contributed by atoms with Gasteiger partial charge in [-0.2, -0.15) is 0 Å². The first-order valence-electron chi connectivity index (χ1n) is 6.03. The number of nitrogens with zero attached hydrogens (tertiary/aromatic N) is 1. The first-order valence-corrected chi connectivity index (χ1v) is 6.41. The lowest BCUT2D eigenvalue weighted by Gasteiger charge is -2.08. The first-order chi connectivity index (χ1) is 9.04. The van der Waals surface area contributed by atoms with Gasteiger partial charge in [-0.05, 0) is 37.1 Å². The third-order valence-corrected chi connectivity index (χ3v) is 3.05. The number of benzene rings is 1. The number of hydrogen-bond acceptors (Lipinski definition) is 2. The topological polar surface area (TPSA) is 42.0 Å². The predicted octanol–water partition coefficient (Wildman–Crippen LogP) is 3.53. The number of halogens is 1. The van der Waals surface area contributed by atoms with E-state index in [1.807, 2.05) is 32.0 Å². The maximum absolute atomic E-state index is 12.0. The zero-order valence-corrected chi connectivity index (χ0v) is 11.7. The molecule has 0 aliphatic rings. The average molecular weight is 275 g/mol. The zero-order valence-electron chi connectivity index (χ0n) is 10.9. The molecule has 1 amide bonds. The summed E-state index contributed by atoms with van der Waals surface area (Å²) < 4.78 is 0. The van der Waals surface area contributed by atoms with E-state index in [1.165, 1.54) is 0 Å². The summed E-state index contributed by atoms with van der Waals surface area (Å²) >= 11 is 5.77. The van der Waals surface area contributed by atoms with Crippen molar-refractivity contribution in [3.05, 3.63) is 58.2 Å². The van der Waals surface area contributed by atoms with Gasteiger partial charge in [-0.25, -0.2) is 4.98 Å². The van der Waals surface area contributed by atoms with Gasteiger partial charge < -0.3 is 5.32 Å². The highest BCUT2D eigenvalue weighted by Crippen LogP contribution is 2.13. The van der Waals surface area contributed by atoms with Crippen LogP contribution in [0.2, 0.25) is 5.15 Å². The third kappa shape index (κ3) is 3.80. The van der Waals surface area contributed by atoms with Crippen LogP contribution in [0.1, 0.15) is 16.7 Å². The van der Waals surface area contributed by atoms with Gasteiger partial charge in [0.1, 0.15) is 11.0 Å². The standard InChI is InChI=1S/C15H15ClN2O/c1-10-6-7-11(2)12(8-10)9-15(19)18-14-5-3-4-13(16)17-14/h3-8H,9H2,1-2H3,(H,17,18,19). The highest BCUT2D eigenvalue weighted by Gasteiger charge is 2.07. The van der Waals surface area contributed by atoms with Crippen molar-refractivity contribution in [1.29, 1.82) is 0 Å². The van der Waals surface area contributed by atoms with Crippen LogP contribution in [0, 0.1) is 13.8 Å². The summed E-state index contributed by atoms with van der Waals surface area (Å²) in [6.07, 6.45) is 0.335. The number of aryl methyl sites for hydroxylation is 2. The Bertz CT molecular complexity index is 611. The highest BCUT2D eigenvalue weighted by molar-refractivity contribution is 6.29. The van der Waals surface area contributed by atoms with Crippen molar-refractivity contribution in [3.8, 4) is 0 Å². The summed E-state index contributed by atoms with van der Waals surface area (Å²) in [5, 5.41) is 3.11. The van der Waals surface area contributed by atoms with Crippen LogP contribution >= 0.6 is 11.6 Å². The van der Waals surface area contributed by atoms with Crippen molar-refractivity contribution in [3.63, 3.8) is 0 Å². The molecule has 0 saturated carbocycles. The lowest BCUT2D eigenvalue weighted by molar-refractivity contribution is -0.115. The summed E-state index contributed by atoms with van der Waals surface area (Å²) in [4.78, 5) is 16.0. The average Bonchev–Trinajstić information content (AvgIpc) is 2.34. The molecule has 0 aliphatic carbocycles. The number of amides is 1. The number of pyridine rings is 1. The van der Waals surface area contributed by atoms with E-state index in [1.54, 1.807) is 18.2 Å². The zero-order chi connectivity index (χ0) is 13.8. The van der Waals surface area contributed by atoms with E-state index in [0.29, 0.717) is 17.4 Å². The van der Waals surface area contributed by atoms with Gasteiger partial charge in [-0.1, -0.05) is 41.4 Å². The SMILES string of the molecule is Cc1ccc(C)c(CC(=O)Nc2cccc(Cl)n2)c1. The summed E-state index contributed by atoms with van der Waals surface area (Å²) in [6.45, 7) is 4.01. The molecule has 0 radical (unpaired) electrons. The Morgan fingerprint density at radius 3 is 2.79 bits per heavy atom. The Balaban J connectivity index is 2.07. The van der Waals surface area contributed by atoms with Gasteiger partial charge in [0.15, 0.2) is 0 Å². The van der Waals surface area contributed by atoms with E-state index >= 15 is 0 Å². The fraction of sp³-hybridized carbons (Fsp3) is 0.200. The molecule has 98 valence electrons. The quantitative estimate of drug-likeness (QED) is 0.870. The highest BCUT2D eigenvalue weighted by atomic mass is 35.5. The van der Waals surface area contributed by atoms with Gasteiger partial charge in [0.25, 0.3) is 0 Å². The summed E-state index contributed by atoms with van der Waals surface area (Å²) in [7, 11) is 0. The molecule has 0 bridgehead atoms. The van der Waals surface area contributed by atoms with Gasteiger partial charge in [0, 0.05) is 0 Å². The maximum atomic E-state index is 12.0. The van der Waals surface area contributed by atoms with Crippen molar-refractivity contribution in [2.45, 2.75) is 20.3 Å². The molecule has 1 heterocycles. The summed E-state index contributed by atoms with van der Waals surface area (Å²) in [5.74, 6) is 0.381. The minimum atomic E-state index is -0.0940. The molecule has 1 aromatic heterocycles. The normalized spacial score (nSPS) is 10.3. The maximum Gasteiger partial charge on any atom is 0.229 e. The van der Waals surface area contributed by atoms with E-state index in [9.17, 15) is 4.79 Å². The number of nitrogens with one attached hydrogen (secondary N) is 1. The van der Waals surface area contributed by atoms with Gasteiger partial charge in [0.05, 0.1) is 6.42 Å². The lowest BCUT2D eigenvalue weighted by atomic mass is 10.0. The minimum Gasteiger partial charge on any atom is -0.310 e. The number of carbonyl (C=O) groups excluding carboxylic acids is 1. The molecule has 0 fully saturated rings. The number of anilines is 1. The molecule has 1 N–H and O–H groups in total. The van der Waals surface area contributed by atoms with Crippen LogP contribution in [0.15, 0.2) is 36.4 Å². The van der Waals surface area contributed by atoms with Crippen LogP contribution in [0.25, 0.3) is 0 Å². The monoisotopic (exact) mass is 274 g/mol. The molecule has 0 aliphatic heterocycles. The number of aromatic nitrogens is 1. The Kier molecular flexibility index (Phi) is 4.17. The van der Waals surface area contributed by atoms with Crippen molar-refractivity contribution < 1.29 is 4.79 Å². The molecule has 0 spiro atoms. The van der Waals surface area contributed by atoms with Crippen LogP contribution in [-0.2, 0) is 11.2 Å².